The zero-order chi connectivity index (χ0) is 53.5. The van der Waals surface area contributed by atoms with Crippen LogP contribution in [0.3, 0.4) is 0 Å². The molecule has 0 spiro atoms. The van der Waals surface area contributed by atoms with Gasteiger partial charge in [-0.05, 0) is 6.92 Å². The number of sulfonamides is 1. The summed E-state index contributed by atoms with van der Waals surface area (Å²) >= 11 is 9.23. The van der Waals surface area contributed by atoms with Crippen LogP contribution in [0, 0.1) is 0 Å². The fraction of sp³-hybridized carbons (Fsp3) is 0.278. The summed E-state index contributed by atoms with van der Waals surface area (Å²) in [5.74, 6) is 0.736. The molecule has 6 aromatic heterocycles. The Morgan fingerprint density at radius 1 is 0.613 bits per heavy atom. The Labute approximate surface area is 544 Å². The van der Waals surface area contributed by atoms with Gasteiger partial charge in [0.15, 0.2) is 5.12 Å². The van der Waals surface area contributed by atoms with Crippen molar-refractivity contribution in [2.24, 2.45) is 5.14 Å². The number of primary sulfonamides is 1. The summed E-state index contributed by atoms with van der Waals surface area (Å²) in [6.45, 7) is 2.79. The number of hydrogen-bond donors (Lipinski definition) is 4. The quantitative estimate of drug-likeness (QED) is 0.0311. The van der Waals surface area contributed by atoms with Gasteiger partial charge in [0.25, 0.3) is 10.1 Å². The molecule has 0 fully saturated rings. The molecule has 0 aromatic carbocycles. The number of aliphatic hydroxyl groups excluding tert-OH is 1. The minimum Gasteiger partial charge on any atom is -0.870 e. The van der Waals surface area contributed by atoms with Crippen molar-refractivity contribution < 1.29 is 166 Å². The molecule has 28 nitrogen and oxygen atoms in total. The molecule has 0 aliphatic heterocycles. The molecular formula is C36H52Cl2K2N14O14S7. The second-order valence-electron chi connectivity index (χ2n) is 11.9. The predicted molar refractivity (Wildman–Crippen MR) is 277 cm³/mol. The predicted octanol–water partition coefficient (Wildman–Crippen LogP) is -4.67. The maximum atomic E-state index is 10.5. The van der Waals surface area contributed by atoms with Crippen LogP contribution in [-0.4, -0.2) is 132 Å². The Bertz CT molecular complexity index is 2670. The van der Waals surface area contributed by atoms with Gasteiger partial charge in [-0.25, -0.2) is 30.4 Å². The molecular weight excluding hydrogens is 1230 g/mol. The van der Waals surface area contributed by atoms with Gasteiger partial charge in [0.1, 0.15) is 18.1 Å². The summed E-state index contributed by atoms with van der Waals surface area (Å²) in [5, 5.41) is 13.1. The maximum absolute atomic E-state index is 10.5. The molecule has 0 bridgehead atoms. The van der Waals surface area contributed by atoms with E-state index in [1.54, 1.807) is 56.5 Å². The Morgan fingerprint density at radius 3 is 1.13 bits per heavy atom. The van der Waals surface area contributed by atoms with Crippen molar-refractivity contribution in [2.45, 2.75) is 50.1 Å². The molecule has 408 valence electrons. The van der Waals surface area contributed by atoms with E-state index in [4.69, 9.17) is 20.9 Å². The van der Waals surface area contributed by atoms with Crippen LogP contribution in [0.2, 0.25) is 0 Å². The first-order valence-corrected chi connectivity index (χ1v) is 29.1. The SMILES string of the molecule is CC(=O)SCc1cnccn1.CC(=O)[S-].CS(=O)(=O)Cl.CS(=O)(=O)OCc1cnccn1.N.NS(=O)(=O)Cc1cnccn1.O.O=S(=O)(Cl)Cc1cnccn1.OCc1cnccn1.SCc1cnccn1.[K+].[K+].[OH-]. The van der Waals surface area contributed by atoms with Crippen molar-refractivity contribution in [3.8, 4) is 0 Å². The van der Waals surface area contributed by atoms with Gasteiger partial charge in [0, 0.05) is 144 Å². The number of rotatable bonds is 11. The molecule has 0 saturated carbocycles. The van der Waals surface area contributed by atoms with E-state index in [9.17, 15) is 43.3 Å². The van der Waals surface area contributed by atoms with E-state index in [-0.39, 0.29) is 155 Å². The Balaban J connectivity index is -0.000000142. The van der Waals surface area contributed by atoms with E-state index >= 15 is 0 Å². The average molecular weight is 1280 g/mol. The number of nitrogens with two attached hydrogens (primary N) is 1. The van der Waals surface area contributed by atoms with Crippen LogP contribution >= 0.6 is 45.8 Å². The van der Waals surface area contributed by atoms with Crippen molar-refractivity contribution in [3.63, 3.8) is 0 Å². The second kappa shape index (κ2) is 51.6. The minimum atomic E-state index is -3.51. The molecule has 0 saturated heterocycles. The van der Waals surface area contributed by atoms with E-state index in [2.05, 4.69) is 99.9 Å². The van der Waals surface area contributed by atoms with E-state index in [0.717, 1.165) is 23.9 Å². The summed E-state index contributed by atoms with van der Waals surface area (Å²) < 4.78 is 86.4. The molecule has 9 N–H and O–H groups in total. The fourth-order valence-electron chi connectivity index (χ4n) is 3.17. The second-order valence-corrected chi connectivity index (χ2v) is 23.0. The van der Waals surface area contributed by atoms with Crippen LogP contribution in [-0.2, 0) is 101 Å². The number of aliphatic hydroxyl groups is 1. The van der Waals surface area contributed by atoms with Crippen molar-refractivity contribution in [3.05, 3.63) is 146 Å². The summed E-state index contributed by atoms with van der Waals surface area (Å²) in [4.78, 5) is 65.4. The third kappa shape index (κ3) is 70.1. The topological polar surface area (TPSA) is 477 Å². The molecule has 0 unspecified atom stereocenters. The van der Waals surface area contributed by atoms with Gasteiger partial charge < -0.3 is 39.6 Å². The molecule has 75 heavy (non-hydrogen) atoms. The van der Waals surface area contributed by atoms with Crippen LogP contribution in [0.5, 0.6) is 0 Å². The van der Waals surface area contributed by atoms with Crippen LogP contribution in [0.4, 0.5) is 0 Å². The van der Waals surface area contributed by atoms with Gasteiger partial charge in [0.2, 0.25) is 28.1 Å². The zero-order valence-corrected chi connectivity index (χ0v) is 54.4. The molecule has 0 amide bonds. The van der Waals surface area contributed by atoms with E-state index in [1.165, 1.54) is 80.7 Å². The van der Waals surface area contributed by atoms with E-state index in [1.807, 2.05) is 0 Å². The minimum absolute atomic E-state index is 0. The summed E-state index contributed by atoms with van der Waals surface area (Å²) in [7, 11) is -4.10. The maximum Gasteiger partial charge on any atom is 1.00 e. The van der Waals surface area contributed by atoms with Crippen molar-refractivity contribution in [2.75, 3.05) is 12.5 Å². The Kier molecular flexibility index (Phi) is 59.9. The van der Waals surface area contributed by atoms with E-state index < -0.39 is 38.2 Å². The summed E-state index contributed by atoms with van der Waals surface area (Å²) in [6, 6.07) is 0. The molecule has 0 aliphatic rings. The summed E-state index contributed by atoms with van der Waals surface area (Å²) in [6.07, 6.45) is 29.4. The first-order chi connectivity index (χ1) is 32.6. The van der Waals surface area contributed by atoms with Crippen LogP contribution in [0.15, 0.2) is 112 Å². The number of halogens is 2. The van der Waals surface area contributed by atoms with Crippen molar-refractivity contribution in [1.29, 1.82) is 0 Å². The number of carbonyl (C=O) groups excluding carboxylic acids is 2. The van der Waals surface area contributed by atoms with Crippen LogP contribution in [0.25, 0.3) is 0 Å². The Hall–Kier alpha value is -1.85. The average Bonchev–Trinajstić information content (AvgIpc) is 3.29. The monoisotopic (exact) mass is 1280 g/mol. The zero-order valence-electron chi connectivity index (χ0n) is 40.8. The third-order valence-electron chi connectivity index (χ3n) is 5.54. The number of aromatic nitrogens is 12. The molecule has 0 atom stereocenters. The van der Waals surface area contributed by atoms with Crippen LogP contribution < -0.4 is 114 Å². The summed E-state index contributed by atoms with van der Waals surface area (Å²) in [5.41, 5.74) is 3.55. The van der Waals surface area contributed by atoms with Gasteiger partial charge in [-0.15, -0.1) is 0 Å². The van der Waals surface area contributed by atoms with Gasteiger partial charge >= 0.3 is 103 Å². The van der Waals surface area contributed by atoms with Gasteiger partial charge in [0.05, 0.1) is 65.7 Å². The first-order valence-electron chi connectivity index (χ1n) is 18.3. The number of thioether (sulfide) groups is 1. The van der Waals surface area contributed by atoms with Crippen molar-refractivity contribution in [1.82, 2.24) is 66.0 Å². The Morgan fingerprint density at radius 2 is 0.907 bits per heavy atom. The third-order valence-corrected chi connectivity index (χ3v) is 8.92. The largest absolute Gasteiger partial charge is 1.00 e. The number of nitrogens with zero attached hydrogens (tertiary/aromatic N) is 12. The first kappa shape index (κ1) is 87.0. The van der Waals surface area contributed by atoms with Gasteiger partial charge in [-0.3, -0.25) is 68.8 Å². The molecule has 39 heteroatoms. The standard InChI is InChI=1S/C7H8N2OS.C6H8N2O3S.C5H5ClN2O2S.C5H7N3O2S.C5H6N2O.C5H6N2S.C2H4OS.CH3ClO2S.2K.H3N.2H2O/c1-6(10)11-5-7-4-8-2-3-9-7;1-12(9,10)11-5-6-4-7-2-3-8-6;2*6-11(9,10)4-5-3-7-1-2-8-5;2*8-4-5-3-6-1-2-7-5;1-2(3)4;1-5(2,3)4;;;;;/h2-4H,5H2,1H3;2-4H,5H2,1H3;1-3H,4H2;1-3H,4H2,(H2,6,9,10);2*1-3,8H,4H2;1H3,(H,3,4);1H3;;;1H3;2*1H2/q;;;;;;;;2*+1;;;/p-2. The molecule has 6 rings (SSSR count). The smallest absolute Gasteiger partial charge is 0.870 e. The normalized spacial score (nSPS) is 9.61. The van der Waals surface area contributed by atoms with Gasteiger partial charge in [-0.1, -0.05) is 11.8 Å². The fourth-order valence-corrected chi connectivity index (χ4v) is 5.56. The van der Waals surface area contributed by atoms with E-state index in [0.29, 0.717) is 34.3 Å². The number of hydrogen-bond acceptors (Lipinski definition) is 29. The number of thiol groups is 1. The van der Waals surface area contributed by atoms with Gasteiger partial charge in [-0.2, -0.15) is 21.0 Å². The van der Waals surface area contributed by atoms with Crippen molar-refractivity contribution >= 4 is 107 Å². The molecule has 0 radical (unpaired) electrons. The molecule has 6 heterocycles. The van der Waals surface area contributed by atoms with Crippen LogP contribution in [0.1, 0.15) is 48.0 Å². The number of carbonyl (C=O) groups is 2. The molecule has 0 aliphatic carbocycles. The molecule has 6 aromatic rings.